The average molecular weight is 493 g/mol. The quantitative estimate of drug-likeness (QED) is 0.564. The SMILES string of the molecule is O=C(NCCc1ccccc1)C1CCN(C(=O)c2ncn3c2COC(c2ccc(Cl)cc2)C3)CC1. The zero-order valence-corrected chi connectivity index (χ0v) is 20.3. The monoisotopic (exact) mass is 492 g/mol. The fraction of sp³-hybridized carbons (Fsp3) is 0.370. The summed E-state index contributed by atoms with van der Waals surface area (Å²) in [7, 11) is 0. The Balaban J connectivity index is 1.13. The fourth-order valence-electron chi connectivity index (χ4n) is 4.80. The molecule has 35 heavy (non-hydrogen) atoms. The largest absolute Gasteiger partial charge is 0.365 e. The maximum atomic E-state index is 13.2. The number of carbonyl (C=O) groups excluding carboxylic acids is 2. The number of amides is 2. The zero-order chi connectivity index (χ0) is 24.2. The van der Waals surface area contributed by atoms with Gasteiger partial charge < -0.3 is 19.5 Å². The molecule has 182 valence electrons. The molecule has 0 saturated carbocycles. The van der Waals surface area contributed by atoms with Crippen molar-refractivity contribution >= 4 is 23.4 Å². The number of benzene rings is 2. The highest BCUT2D eigenvalue weighted by Gasteiger charge is 2.32. The first-order chi connectivity index (χ1) is 17.1. The Morgan fingerprint density at radius 2 is 1.80 bits per heavy atom. The lowest BCUT2D eigenvalue weighted by atomic mass is 9.95. The van der Waals surface area contributed by atoms with Crippen LogP contribution in [0, 0.1) is 5.92 Å². The molecule has 8 heteroatoms. The summed E-state index contributed by atoms with van der Waals surface area (Å²) < 4.78 is 8.06. The second-order valence-electron chi connectivity index (χ2n) is 9.14. The van der Waals surface area contributed by atoms with Gasteiger partial charge in [-0.15, -0.1) is 0 Å². The molecule has 2 aliphatic rings. The van der Waals surface area contributed by atoms with Crippen LogP contribution in [0.2, 0.25) is 5.02 Å². The van der Waals surface area contributed by atoms with Crippen LogP contribution in [0.4, 0.5) is 0 Å². The van der Waals surface area contributed by atoms with E-state index >= 15 is 0 Å². The van der Waals surface area contributed by atoms with E-state index in [-0.39, 0.29) is 23.8 Å². The molecule has 3 aromatic rings. The Hall–Kier alpha value is -3.16. The van der Waals surface area contributed by atoms with Crippen molar-refractivity contribution in [1.29, 1.82) is 0 Å². The summed E-state index contributed by atoms with van der Waals surface area (Å²) in [5.41, 5.74) is 3.51. The predicted molar refractivity (Wildman–Crippen MR) is 133 cm³/mol. The number of nitrogens with zero attached hydrogens (tertiary/aromatic N) is 3. The lowest BCUT2D eigenvalue weighted by molar-refractivity contribution is -0.126. The first-order valence-electron chi connectivity index (χ1n) is 12.1. The second-order valence-corrected chi connectivity index (χ2v) is 9.57. The van der Waals surface area contributed by atoms with Gasteiger partial charge in [0.2, 0.25) is 5.91 Å². The van der Waals surface area contributed by atoms with Gasteiger partial charge in [0.05, 0.1) is 25.2 Å². The predicted octanol–water partition coefficient (Wildman–Crippen LogP) is 4.02. The maximum Gasteiger partial charge on any atom is 0.274 e. The van der Waals surface area contributed by atoms with Gasteiger partial charge in [0.15, 0.2) is 5.69 Å². The van der Waals surface area contributed by atoms with Gasteiger partial charge in [-0.05, 0) is 42.5 Å². The Bertz CT molecular complexity index is 1170. The fourth-order valence-corrected chi connectivity index (χ4v) is 4.92. The number of halogens is 1. The maximum absolute atomic E-state index is 13.2. The van der Waals surface area contributed by atoms with Gasteiger partial charge in [-0.2, -0.15) is 0 Å². The highest BCUT2D eigenvalue weighted by molar-refractivity contribution is 6.30. The first-order valence-corrected chi connectivity index (χ1v) is 12.5. The molecule has 0 radical (unpaired) electrons. The molecule has 1 aromatic heterocycles. The highest BCUT2D eigenvalue weighted by atomic mass is 35.5. The van der Waals surface area contributed by atoms with Crippen LogP contribution in [-0.2, 0) is 29.1 Å². The number of piperidine rings is 1. The van der Waals surface area contributed by atoms with Gasteiger partial charge in [-0.3, -0.25) is 9.59 Å². The minimum Gasteiger partial charge on any atom is -0.365 e. The van der Waals surface area contributed by atoms with E-state index in [1.165, 1.54) is 5.56 Å². The Labute approximate surface area is 210 Å². The summed E-state index contributed by atoms with van der Waals surface area (Å²) >= 11 is 6.00. The highest BCUT2D eigenvalue weighted by Crippen LogP contribution is 2.29. The van der Waals surface area contributed by atoms with Crippen LogP contribution in [0.5, 0.6) is 0 Å². The molecular formula is C27H29ClN4O3. The molecule has 3 heterocycles. The minimum absolute atomic E-state index is 0.0609. The molecule has 1 atom stereocenters. The van der Waals surface area contributed by atoms with Crippen LogP contribution in [0.1, 0.15) is 46.3 Å². The van der Waals surface area contributed by atoms with Gasteiger partial charge in [-0.1, -0.05) is 54.1 Å². The number of rotatable bonds is 6. The summed E-state index contributed by atoms with van der Waals surface area (Å²) in [5.74, 6) is -0.0709. The van der Waals surface area contributed by atoms with Crippen molar-refractivity contribution in [3.05, 3.63) is 88.5 Å². The molecule has 1 N–H and O–H groups in total. The van der Waals surface area contributed by atoms with Gasteiger partial charge >= 0.3 is 0 Å². The molecule has 5 rings (SSSR count). The zero-order valence-electron chi connectivity index (χ0n) is 19.5. The molecule has 0 aliphatic carbocycles. The second kappa shape index (κ2) is 10.6. The van der Waals surface area contributed by atoms with Gasteiger partial charge in [0.1, 0.15) is 6.10 Å². The summed E-state index contributed by atoms with van der Waals surface area (Å²) in [5, 5.41) is 3.74. The van der Waals surface area contributed by atoms with E-state index in [1.807, 2.05) is 51.9 Å². The third-order valence-corrected chi connectivity index (χ3v) is 7.14. The molecule has 1 fully saturated rings. The lowest BCUT2D eigenvalue weighted by Gasteiger charge is -2.31. The Morgan fingerprint density at radius 1 is 1.06 bits per heavy atom. The Kier molecular flexibility index (Phi) is 7.16. The Morgan fingerprint density at radius 3 is 2.54 bits per heavy atom. The number of aromatic nitrogens is 2. The number of carbonyl (C=O) groups is 2. The van der Waals surface area contributed by atoms with Crippen LogP contribution in [0.25, 0.3) is 0 Å². The van der Waals surface area contributed by atoms with Crippen LogP contribution in [0.3, 0.4) is 0 Å². The normalized spacial score (nSPS) is 18.2. The number of likely N-dealkylation sites (tertiary alicyclic amines) is 1. The summed E-state index contributed by atoms with van der Waals surface area (Å²) in [6, 6.07) is 17.8. The molecule has 0 spiro atoms. The smallest absolute Gasteiger partial charge is 0.274 e. The standard InChI is InChI=1S/C27H29ClN4O3/c28-22-8-6-20(7-9-22)24-16-32-18-30-25(23(32)17-35-24)27(34)31-14-11-21(12-15-31)26(33)29-13-10-19-4-2-1-3-5-19/h1-9,18,21,24H,10-17H2,(H,29,33). The van der Waals surface area contributed by atoms with Crippen LogP contribution >= 0.6 is 11.6 Å². The van der Waals surface area contributed by atoms with Crippen molar-refractivity contribution in [2.45, 2.75) is 38.5 Å². The summed E-state index contributed by atoms with van der Waals surface area (Å²) in [6.07, 6.45) is 3.76. The van der Waals surface area contributed by atoms with Crippen LogP contribution in [-0.4, -0.2) is 45.9 Å². The van der Waals surface area contributed by atoms with Crippen molar-refractivity contribution < 1.29 is 14.3 Å². The molecular weight excluding hydrogens is 464 g/mol. The lowest BCUT2D eigenvalue weighted by Crippen LogP contribution is -2.43. The molecule has 2 aromatic carbocycles. The summed E-state index contributed by atoms with van der Waals surface area (Å²) in [6.45, 7) is 2.66. The van der Waals surface area contributed by atoms with Crippen molar-refractivity contribution in [2.24, 2.45) is 5.92 Å². The third-order valence-electron chi connectivity index (χ3n) is 6.88. The van der Waals surface area contributed by atoms with Gasteiger partial charge in [0, 0.05) is 30.6 Å². The number of nitrogens with one attached hydrogen (secondary N) is 1. The van der Waals surface area contributed by atoms with E-state index in [1.54, 1.807) is 6.33 Å². The third kappa shape index (κ3) is 5.41. The first kappa shape index (κ1) is 23.6. The summed E-state index contributed by atoms with van der Waals surface area (Å²) in [4.78, 5) is 32.0. The molecule has 2 aliphatic heterocycles. The van der Waals surface area contributed by atoms with E-state index in [2.05, 4.69) is 22.4 Å². The van der Waals surface area contributed by atoms with E-state index in [4.69, 9.17) is 16.3 Å². The van der Waals surface area contributed by atoms with Crippen LogP contribution < -0.4 is 5.32 Å². The van der Waals surface area contributed by atoms with E-state index in [0.717, 1.165) is 17.7 Å². The van der Waals surface area contributed by atoms with Crippen molar-refractivity contribution in [3.63, 3.8) is 0 Å². The van der Waals surface area contributed by atoms with Gasteiger partial charge in [-0.25, -0.2) is 4.98 Å². The molecule has 1 unspecified atom stereocenters. The number of imidazole rings is 1. The number of hydrogen-bond donors (Lipinski definition) is 1. The number of hydrogen-bond acceptors (Lipinski definition) is 4. The van der Waals surface area contributed by atoms with Crippen molar-refractivity contribution in [2.75, 3.05) is 19.6 Å². The minimum atomic E-state index is -0.104. The van der Waals surface area contributed by atoms with E-state index in [9.17, 15) is 9.59 Å². The molecule has 1 saturated heterocycles. The molecule has 0 bridgehead atoms. The molecule has 2 amide bonds. The number of ether oxygens (including phenoxy) is 1. The van der Waals surface area contributed by atoms with E-state index in [0.29, 0.717) is 56.3 Å². The average Bonchev–Trinajstić information content (AvgIpc) is 3.33. The molecule has 7 nitrogen and oxygen atoms in total. The topological polar surface area (TPSA) is 76.5 Å². The van der Waals surface area contributed by atoms with Crippen LogP contribution in [0.15, 0.2) is 60.9 Å². The van der Waals surface area contributed by atoms with Crippen molar-refractivity contribution in [1.82, 2.24) is 19.8 Å². The van der Waals surface area contributed by atoms with Gasteiger partial charge in [0.25, 0.3) is 5.91 Å². The van der Waals surface area contributed by atoms with E-state index < -0.39 is 0 Å². The van der Waals surface area contributed by atoms with Crippen molar-refractivity contribution in [3.8, 4) is 0 Å². The number of fused-ring (bicyclic) bond motifs is 1.